The highest BCUT2D eigenvalue weighted by Gasteiger charge is 2.32. The van der Waals surface area contributed by atoms with Crippen LogP contribution in [-0.4, -0.2) is 4.98 Å². The van der Waals surface area contributed by atoms with Crippen LogP contribution >= 0.6 is 0 Å². The van der Waals surface area contributed by atoms with Gasteiger partial charge in [0.1, 0.15) is 0 Å². The largest absolute Gasteiger partial charge is 0.416 e. The first-order valence-electron chi connectivity index (χ1n) is 6.31. The number of aromatic nitrogens is 1. The first kappa shape index (κ1) is 15.4. The lowest BCUT2D eigenvalue weighted by Crippen LogP contribution is -2.10. The van der Waals surface area contributed by atoms with E-state index < -0.39 is 29.0 Å². The molecule has 0 radical (unpaired) electrons. The Morgan fingerprint density at radius 1 is 0.696 bits per heavy atom. The maximum atomic E-state index is 12.8. The number of hydrogen-bond acceptors (Lipinski definition) is 1. The summed E-state index contributed by atoms with van der Waals surface area (Å²) in [6, 6.07) is 5.05. The van der Waals surface area contributed by atoms with Crippen molar-refractivity contribution in [3.05, 3.63) is 57.9 Å². The van der Waals surface area contributed by atoms with Crippen molar-refractivity contribution in [2.24, 2.45) is 0 Å². The third kappa shape index (κ3) is 2.64. The number of benzene rings is 2. The Morgan fingerprint density at radius 2 is 1.22 bits per heavy atom. The van der Waals surface area contributed by atoms with Crippen LogP contribution in [0.25, 0.3) is 21.7 Å². The molecule has 0 unspecified atom stereocenters. The maximum absolute atomic E-state index is 12.8. The van der Waals surface area contributed by atoms with E-state index in [0.717, 1.165) is 30.3 Å². The van der Waals surface area contributed by atoms with Gasteiger partial charge in [0.25, 0.3) is 5.56 Å². The average Bonchev–Trinajstić information content (AvgIpc) is 2.44. The van der Waals surface area contributed by atoms with Crippen LogP contribution in [0.2, 0.25) is 0 Å². The molecule has 120 valence electrons. The summed E-state index contributed by atoms with van der Waals surface area (Å²) < 4.78 is 76.5. The Hall–Kier alpha value is -2.51. The monoisotopic (exact) mass is 331 g/mol. The minimum absolute atomic E-state index is 0.0229. The molecule has 0 fully saturated rings. The van der Waals surface area contributed by atoms with Gasteiger partial charge in [0.05, 0.1) is 11.1 Å². The Kier molecular flexibility index (Phi) is 3.17. The van der Waals surface area contributed by atoms with Crippen LogP contribution in [-0.2, 0) is 12.4 Å². The van der Waals surface area contributed by atoms with Crippen LogP contribution < -0.4 is 5.56 Å². The third-order valence-corrected chi connectivity index (χ3v) is 3.48. The van der Waals surface area contributed by atoms with Gasteiger partial charge in [-0.1, -0.05) is 6.07 Å². The van der Waals surface area contributed by atoms with Gasteiger partial charge in [0.2, 0.25) is 0 Å². The summed E-state index contributed by atoms with van der Waals surface area (Å²) in [6.45, 7) is 0. The van der Waals surface area contributed by atoms with Gasteiger partial charge in [-0.2, -0.15) is 26.3 Å². The summed E-state index contributed by atoms with van der Waals surface area (Å²) in [5.41, 5.74) is -2.89. The maximum Gasteiger partial charge on any atom is 0.416 e. The predicted molar refractivity (Wildman–Crippen MR) is 72.1 cm³/mol. The van der Waals surface area contributed by atoms with Crippen molar-refractivity contribution in [3.63, 3.8) is 0 Å². The van der Waals surface area contributed by atoms with E-state index in [1.165, 1.54) is 0 Å². The molecule has 0 bridgehead atoms. The highest BCUT2D eigenvalue weighted by atomic mass is 19.4. The van der Waals surface area contributed by atoms with Crippen molar-refractivity contribution >= 4 is 21.7 Å². The molecule has 0 amide bonds. The molecule has 3 rings (SSSR count). The summed E-state index contributed by atoms with van der Waals surface area (Å²) in [5.74, 6) is 0. The lowest BCUT2D eigenvalue weighted by Gasteiger charge is -2.11. The zero-order chi connectivity index (χ0) is 17.0. The number of fused-ring (bicyclic) bond motifs is 3. The second kappa shape index (κ2) is 4.74. The van der Waals surface area contributed by atoms with E-state index in [1.807, 2.05) is 0 Å². The number of pyridine rings is 1. The predicted octanol–water partition coefficient (Wildman–Crippen LogP) is 4.72. The fourth-order valence-corrected chi connectivity index (χ4v) is 2.39. The molecule has 0 aliphatic rings. The molecule has 0 spiro atoms. The van der Waals surface area contributed by atoms with Crippen molar-refractivity contribution in [2.75, 3.05) is 0 Å². The first-order chi connectivity index (χ1) is 10.6. The van der Waals surface area contributed by atoms with E-state index in [0.29, 0.717) is 6.07 Å². The number of nitrogens with one attached hydrogen (secondary N) is 1. The van der Waals surface area contributed by atoms with Gasteiger partial charge >= 0.3 is 12.4 Å². The van der Waals surface area contributed by atoms with Crippen LogP contribution in [0, 0.1) is 0 Å². The van der Waals surface area contributed by atoms with Crippen LogP contribution in [0.1, 0.15) is 11.1 Å². The van der Waals surface area contributed by atoms with Crippen molar-refractivity contribution in [1.29, 1.82) is 0 Å². The molecular formula is C15H7F6NO. The molecule has 1 heterocycles. The molecule has 23 heavy (non-hydrogen) atoms. The van der Waals surface area contributed by atoms with Crippen LogP contribution in [0.3, 0.4) is 0 Å². The van der Waals surface area contributed by atoms with Gasteiger partial charge < -0.3 is 4.98 Å². The Morgan fingerprint density at radius 3 is 1.78 bits per heavy atom. The topological polar surface area (TPSA) is 32.9 Å². The van der Waals surface area contributed by atoms with Crippen LogP contribution in [0.4, 0.5) is 26.3 Å². The second-order valence-corrected chi connectivity index (χ2v) is 4.97. The molecule has 1 aromatic heterocycles. The molecule has 0 saturated carbocycles. The van der Waals surface area contributed by atoms with Crippen molar-refractivity contribution in [1.82, 2.24) is 4.98 Å². The number of H-pyrrole nitrogens is 1. The van der Waals surface area contributed by atoms with E-state index in [2.05, 4.69) is 4.98 Å². The molecule has 2 nitrogen and oxygen atoms in total. The first-order valence-corrected chi connectivity index (χ1v) is 6.31. The molecule has 0 aliphatic heterocycles. The smallest absolute Gasteiger partial charge is 0.321 e. The lowest BCUT2D eigenvalue weighted by atomic mass is 10.0. The fraction of sp³-hybridized carbons (Fsp3) is 0.133. The quantitative estimate of drug-likeness (QED) is 0.469. The van der Waals surface area contributed by atoms with E-state index in [1.54, 1.807) is 0 Å². The van der Waals surface area contributed by atoms with Crippen LogP contribution in [0.15, 0.2) is 41.2 Å². The molecule has 0 aliphatic carbocycles. The van der Waals surface area contributed by atoms with E-state index in [9.17, 15) is 31.1 Å². The van der Waals surface area contributed by atoms with E-state index in [4.69, 9.17) is 0 Å². The highest BCUT2D eigenvalue weighted by molar-refractivity contribution is 6.05. The van der Waals surface area contributed by atoms with Crippen molar-refractivity contribution in [2.45, 2.75) is 12.4 Å². The van der Waals surface area contributed by atoms with Gasteiger partial charge in [-0.25, -0.2) is 0 Å². The highest BCUT2D eigenvalue weighted by Crippen LogP contribution is 2.35. The Bertz CT molecular complexity index is 968. The standard InChI is InChI=1S/C15H7F6NO/c16-14(17,18)7-2-4-10-11(5-7)9-3-1-8(15(19,20)21)6-12(9)22-13(10)23/h1-6H,(H,22,23). The van der Waals surface area contributed by atoms with Gasteiger partial charge in [0, 0.05) is 16.3 Å². The number of rotatable bonds is 0. The van der Waals surface area contributed by atoms with E-state index >= 15 is 0 Å². The van der Waals surface area contributed by atoms with Gasteiger partial charge in [-0.05, 0) is 35.7 Å². The van der Waals surface area contributed by atoms with Gasteiger partial charge in [-0.15, -0.1) is 0 Å². The minimum Gasteiger partial charge on any atom is -0.321 e. The summed E-state index contributed by atoms with van der Waals surface area (Å²) in [7, 11) is 0. The van der Waals surface area contributed by atoms with E-state index in [-0.39, 0.29) is 21.7 Å². The normalized spacial score (nSPS) is 13.0. The lowest BCUT2D eigenvalue weighted by molar-refractivity contribution is -0.138. The molecular weight excluding hydrogens is 324 g/mol. The van der Waals surface area contributed by atoms with Crippen LogP contribution in [0.5, 0.6) is 0 Å². The molecule has 1 N–H and O–H groups in total. The minimum atomic E-state index is -4.62. The molecule has 0 saturated heterocycles. The molecule has 2 aromatic carbocycles. The second-order valence-electron chi connectivity index (χ2n) is 4.97. The van der Waals surface area contributed by atoms with Gasteiger partial charge in [0.15, 0.2) is 0 Å². The van der Waals surface area contributed by atoms with Crippen molar-refractivity contribution < 1.29 is 26.3 Å². The molecule has 8 heteroatoms. The summed E-state index contributed by atoms with van der Waals surface area (Å²) >= 11 is 0. The number of hydrogen-bond donors (Lipinski definition) is 1. The summed E-state index contributed by atoms with van der Waals surface area (Å²) in [5, 5.41) is 0.0382. The summed E-state index contributed by atoms with van der Waals surface area (Å²) in [6.07, 6.45) is -9.23. The third-order valence-electron chi connectivity index (χ3n) is 3.48. The molecule has 3 aromatic rings. The zero-order valence-corrected chi connectivity index (χ0v) is 11.1. The van der Waals surface area contributed by atoms with Gasteiger partial charge in [-0.3, -0.25) is 4.79 Å². The fourth-order valence-electron chi connectivity index (χ4n) is 2.39. The summed E-state index contributed by atoms with van der Waals surface area (Å²) in [4.78, 5) is 14.2. The number of halogens is 6. The zero-order valence-electron chi connectivity index (χ0n) is 11.1. The molecule has 0 atom stereocenters. The number of aromatic amines is 1. The Balaban J connectivity index is 2.39. The average molecular weight is 331 g/mol. The Labute approximate surface area is 124 Å². The van der Waals surface area contributed by atoms with Crippen molar-refractivity contribution in [3.8, 4) is 0 Å². The number of alkyl halides is 6. The SMILES string of the molecule is O=c1[nH]c2cc(C(F)(F)F)ccc2c2cc(C(F)(F)F)ccc12.